The monoisotopic (exact) mass is 544 g/mol. The molecule has 2 aromatic rings. The Morgan fingerprint density at radius 3 is 1.41 bits per heavy atom. The molecule has 0 radical (unpaired) electrons. The molecule has 0 fully saturated rings. The van der Waals surface area contributed by atoms with Crippen LogP contribution in [0.5, 0.6) is 0 Å². The van der Waals surface area contributed by atoms with Gasteiger partial charge in [0.2, 0.25) is 0 Å². The minimum Gasteiger partial charge on any atom is -0.0622 e. The van der Waals surface area contributed by atoms with E-state index in [1.165, 1.54) is 0 Å². The fourth-order valence-corrected chi connectivity index (χ4v) is 4.97. The summed E-state index contributed by atoms with van der Waals surface area (Å²) in [7, 11) is 0. The predicted octanol–water partition coefficient (Wildman–Crippen LogP) is 7.17. The Morgan fingerprint density at radius 2 is 0.941 bits per heavy atom. The van der Waals surface area contributed by atoms with Crippen LogP contribution in [0.1, 0.15) is 0 Å². The highest BCUT2D eigenvalue weighted by atomic mass is 79.9. The van der Waals surface area contributed by atoms with Gasteiger partial charge in [0, 0.05) is 27.9 Å². The molecular weight excluding hydrogens is 544 g/mol. The maximum atomic E-state index is 3.63. The molecular formula is C12H5Br5. The van der Waals surface area contributed by atoms with Crippen LogP contribution in [-0.4, -0.2) is 0 Å². The van der Waals surface area contributed by atoms with Gasteiger partial charge in [-0.05, 0) is 85.2 Å². The lowest BCUT2D eigenvalue weighted by Gasteiger charge is -2.13. The number of hydrogen-bond donors (Lipinski definition) is 0. The summed E-state index contributed by atoms with van der Waals surface area (Å²) in [5, 5.41) is 0. The molecule has 0 saturated carbocycles. The van der Waals surface area contributed by atoms with E-state index in [0.29, 0.717) is 0 Å². The zero-order valence-electron chi connectivity index (χ0n) is 8.28. The summed E-state index contributed by atoms with van der Waals surface area (Å²) >= 11 is 17.9. The molecule has 0 aliphatic rings. The van der Waals surface area contributed by atoms with Crippen LogP contribution in [-0.2, 0) is 0 Å². The van der Waals surface area contributed by atoms with Crippen molar-refractivity contribution in [1.82, 2.24) is 0 Å². The van der Waals surface area contributed by atoms with Gasteiger partial charge in [-0.25, -0.2) is 0 Å². The maximum Gasteiger partial charge on any atom is 0.0482 e. The minimum atomic E-state index is 0.982. The zero-order valence-corrected chi connectivity index (χ0v) is 16.2. The highest BCUT2D eigenvalue weighted by Gasteiger charge is 2.18. The van der Waals surface area contributed by atoms with Crippen LogP contribution in [0.25, 0.3) is 11.1 Å². The van der Waals surface area contributed by atoms with Crippen molar-refractivity contribution in [2.24, 2.45) is 0 Å². The minimum absolute atomic E-state index is 0.982. The highest BCUT2D eigenvalue weighted by molar-refractivity contribution is 9.15. The quantitative estimate of drug-likeness (QED) is 0.262. The van der Waals surface area contributed by atoms with Crippen molar-refractivity contribution in [2.45, 2.75) is 0 Å². The highest BCUT2D eigenvalue weighted by Crippen LogP contribution is 2.48. The first-order chi connectivity index (χ1) is 8.04. The van der Waals surface area contributed by atoms with Gasteiger partial charge in [0.15, 0.2) is 0 Å². The number of benzene rings is 2. The van der Waals surface area contributed by atoms with Crippen LogP contribution in [0, 0.1) is 0 Å². The van der Waals surface area contributed by atoms with E-state index in [0.717, 1.165) is 33.5 Å². The van der Waals surface area contributed by atoms with Crippen molar-refractivity contribution < 1.29 is 0 Å². The summed E-state index contributed by atoms with van der Waals surface area (Å²) < 4.78 is 5.00. The van der Waals surface area contributed by atoms with Gasteiger partial charge >= 0.3 is 0 Å². The van der Waals surface area contributed by atoms with Gasteiger partial charge in [-0.1, -0.05) is 30.3 Å². The Morgan fingerprint density at radius 1 is 0.529 bits per heavy atom. The molecule has 0 aliphatic heterocycles. The van der Waals surface area contributed by atoms with Gasteiger partial charge < -0.3 is 0 Å². The fraction of sp³-hybridized carbons (Fsp3) is 0. The molecule has 0 spiro atoms. The lowest BCUT2D eigenvalue weighted by atomic mass is 10.1. The second-order valence-corrected chi connectivity index (χ2v) is 7.28. The predicted molar refractivity (Wildman–Crippen MR) is 90.4 cm³/mol. The zero-order chi connectivity index (χ0) is 12.6. The van der Waals surface area contributed by atoms with Crippen molar-refractivity contribution in [2.75, 3.05) is 0 Å². The van der Waals surface area contributed by atoms with Gasteiger partial charge in [-0.3, -0.25) is 0 Å². The number of hydrogen-bond acceptors (Lipinski definition) is 0. The van der Waals surface area contributed by atoms with Crippen LogP contribution in [0.3, 0.4) is 0 Å². The molecule has 0 N–H and O–H groups in total. The van der Waals surface area contributed by atoms with E-state index in [4.69, 9.17) is 0 Å². The van der Waals surface area contributed by atoms with Gasteiger partial charge in [0.25, 0.3) is 0 Å². The van der Waals surface area contributed by atoms with Crippen molar-refractivity contribution >= 4 is 79.6 Å². The van der Waals surface area contributed by atoms with Crippen molar-refractivity contribution in [3.63, 3.8) is 0 Å². The third-order valence-corrected chi connectivity index (χ3v) is 8.37. The largest absolute Gasteiger partial charge is 0.0622 e. The molecule has 0 atom stereocenters. The first-order valence-corrected chi connectivity index (χ1v) is 8.57. The van der Waals surface area contributed by atoms with Crippen LogP contribution in [0.15, 0.2) is 52.7 Å². The van der Waals surface area contributed by atoms with Crippen molar-refractivity contribution in [3.05, 3.63) is 52.7 Å². The normalized spacial score (nSPS) is 10.6. The van der Waals surface area contributed by atoms with E-state index >= 15 is 0 Å². The number of rotatable bonds is 1. The molecule has 2 rings (SSSR count). The molecule has 88 valence electrons. The Labute approximate surface area is 142 Å². The average molecular weight is 549 g/mol. The number of halogens is 5. The van der Waals surface area contributed by atoms with Crippen molar-refractivity contribution in [1.29, 1.82) is 0 Å². The van der Waals surface area contributed by atoms with Crippen LogP contribution in [0.2, 0.25) is 0 Å². The summed E-state index contributed by atoms with van der Waals surface area (Å²) in [4.78, 5) is 0. The molecule has 2 aromatic carbocycles. The Kier molecular flexibility index (Phi) is 4.92. The summed E-state index contributed by atoms with van der Waals surface area (Å²) in [6, 6.07) is 10.2. The first-order valence-electron chi connectivity index (χ1n) is 4.61. The summed E-state index contributed by atoms with van der Waals surface area (Å²) in [6.07, 6.45) is 0. The maximum absolute atomic E-state index is 3.63. The second-order valence-electron chi connectivity index (χ2n) is 3.31. The van der Waals surface area contributed by atoms with Gasteiger partial charge in [0.1, 0.15) is 0 Å². The van der Waals surface area contributed by atoms with E-state index in [-0.39, 0.29) is 0 Å². The molecule has 0 nitrogen and oxygen atoms in total. The molecule has 0 aliphatic carbocycles. The fourth-order valence-electron chi connectivity index (χ4n) is 1.46. The molecule has 0 saturated heterocycles. The smallest absolute Gasteiger partial charge is 0.0482 e. The third-order valence-electron chi connectivity index (χ3n) is 2.27. The average Bonchev–Trinajstić information content (AvgIpc) is 2.36. The summed E-state index contributed by atoms with van der Waals surface area (Å²) in [5.41, 5.74) is 2.27. The Hall–Kier alpha value is 0.840. The van der Waals surface area contributed by atoms with Crippen LogP contribution >= 0.6 is 79.6 Å². The molecule has 0 unspecified atom stereocenters. The molecule has 0 heterocycles. The van der Waals surface area contributed by atoms with Crippen LogP contribution in [0.4, 0.5) is 0 Å². The first kappa shape index (κ1) is 14.3. The second kappa shape index (κ2) is 5.87. The van der Waals surface area contributed by atoms with E-state index in [1.807, 2.05) is 18.2 Å². The van der Waals surface area contributed by atoms with E-state index < -0.39 is 0 Å². The lowest BCUT2D eigenvalue weighted by Crippen LogP contribution is -1.87. The SMILES string of the molecule is Brc1c(Br)c(Br)c(-c2ccccc2)c(Br)c1Br. The molecule has 17 heavy (non-hydrogen) atoms. The molecule has 0 bridgehead atoms. The van der Waals surface area contributed by atoms with Gasteiger partial charge in [-0.2, -0.15) is 0 Å². The molecule has 5 heteroatoms. The van der Waals surface area contributed by atoms with E-state index in [9.17, 15) is 0 Å². The topological polar surface area (TPSA) is 0 Å². The van der Waals surface area contributed by atoms with Gasteiger partial charge in [0.05, 0.1) is 0 Å². The third kappa shape index (κ3) is 2.73. The van der Waals surface area contributed by atoms with Crippen LogP contribution < -0.4 is 0 Å². The molecule has 0 amide bonds. The van der Waals surface area contributed by atoms with Gasteiger partial charge in [-0.15, -0.1) is 0 Å². The molecule has 0 aromatic heterocycles. The standard InChI is InChI=1S/C12H5Br5/c13-8-7(6-4-2-1-3-5-6)9(14)11(16)12(17)10(8)15/h1-5H. The Balaban J connectivity index is 2.80. The Bertz CT molecular complexity index is 534. The van der Waals surface area contributed by atoms with Crippen molar-refractivity contribution in [3.8, 4) is 11.1 Å². The van der Waals surface area contributed by atoms with E-state index in [2.05, 4.69) is 91.8 Å². The summed E-state index contributed by atoms with van der Waals surface area (Å²) in [5.74, 6) is 0. The van der Waals surface area contributed by atoms with E-state index in [1.54, 1.807) is 0 Å². The lowest BCUT2D eigenvalue weighted by molar-refractivity contribution is 1.44. The summed E-state index contributed by atoms with van der Waals surface area (Å²) in [6.45, 7) is 0.